The summed E-state index contributed by atoms with van der Waals surface area (Å²) >= 11 is 0. The zero-order chi connectivity index (χ0) is 17.6. The average molecular weight is 342 g/mol. The number of methoxy groups -OCH3 is 2. The highest BCUT2D eigenvalue weighted by Crippen LogP contribution is 2.36. The fourth-order valence-electron chi connectivity index (χ4n) is 2.71. The first kappa shape index (κ1) is 17.1. The molecular formula is C19H22N2O4. The molecule has 0 radical (unpaired) electrons. The van der Waals surface area contributed by atoms with E-state index < -0.39 is 0 Å². The molecule has 0 saturated carbocycles. The molecule has 3 rings (SSSR count). The number of rotatable bonds is 5. The molecule has 1 heterocycles. The Morgan fingerprint density at radius 2 is 1.64 bits per heavy atom. The summed E-state index contributed by atoms with van der Waals surface area (Å²) < 4.78 is 15.7. The van der Waals surface area contributed by atoms with Crippen molar-refractivity contribution in [3.05, 3.63) is 42.0 Å². The van der Waals surface area contributed by atoms with Gasteiger partial charge >= 0.3 is 0 Å². The second-order valence-electron chi connectivity index (χ2n) is 5.65. The van der Waals surface area contributed by atoms with Crippen LogP contribution in [0.2, 0.25) is 0 Å². The molecule has 1 fully saturated rings. The summed E-state index contributed by atoms with van der Waals surface area (Å²) in [6.07, 6.45) is 1.72. The highest BCUT2D eigenvalue weighted by molar-refractivity contribution is 5.84. The van der Waals surface area contributed by atoms with Gasteiger partial charge in [-0.1, -0.05) is 0 Å². The van der Waals surface area contributed by atoms with Crippen LogP contribution in [0.1, 0.15) is 5.56 Å². The van der Waals surface area contributed by atoms with Gasteiger partial charge < -0.3 is 24.2 Å². The van der Waals surface area contributed by atoms with Crippen LogP contribution >= 0.6 is 0 Å². The number of anilines is 1. The van der Waals surface area contributed by atoms with Crippen LogP contribution in [0.5, 0.6) is 17.2 Å². The quantitative estimate of drug-likeness (QED) is 0.847. The Morgan fingerprint density at radius 3 is 2.20 bits per heavy atom. The monoisotopic (exact) mass is 342 g/mol. The van der Waals surface area contributed by atoms with Crippen LogP contribution in [0.3, 0.4) is 0 Å². The van der Waals surface area contributed by atoms with Crippen molar-refractivity contribution in [3.8, 4) is 17.2 Å². The van der Waals surface area contributed by atoms with Gasteiger partial charge in [-0.2, -0.15) is 0 Å². The van der Waals surface area contributed by atoms with Crippen molar-refractivity contribution in [2.75, 3.05) is 45.4 Å². The molecule has 2 aromatic rings. The topological polar surface area (TPSA) is 63.5 Å². The molecule has 0 bridgehead atoms. The number of nitrogens with zero attached hydrogens (tertiary/aromatic N) is 2. The number of hydrogen-bond donors (Lipinski definition) is 1. The summed E-state index contributed by atoms with van der Waals surface area (Å²) in [4.78, 5) is 6.78. The molecule has 0 aliphatic carbocycles. The maximum absolute atomic E-state index is 9.94. The third-order valence-corrected chi connectivity index (χ3v) is 4.09. The lowest BCUT2D eigenvalue weighted by atomic mass is 10.2. The summed E-state index contributed by atoms with van der Waals surface area (Å²) in [5.41, 5.74) is 2.81. The van der Waals surface area contributed by atoms with Gasteiger partial charge in [0.25, 0.3) is 0 Å². The maximum atomic E-state index is 9.94. The smallest absolute Gasteiger partial charge is 0.200 e. The van der Waals surface area contributed by atoms with E-state index in [1.807, 2.05) is 12.1 Å². The highest BCUT2D eigenvalue weighted by atomic mass is 16.5. The molecule has 1 aliphatic heterocycles. The van der Waals surface area contributed by atoms with E-state index in [2.05, 4.69) is 22.0 Å². The molecule has 0 atom stereocenters. The van der Waals surface area contributed by atoms with E-state index in [0.29, 0.717) is 11.5 Å². The molecule has 1 aliphatic rings. The second-order valence-corrected chi connectivity index (χ2v) is 5.65. The van der Waals surface area contributed by atoms with Crippen molar-refractivity contribution < 1.29 is 19.3 Å². The number of hydrogen-bond acceptors (Lipinski definition) is 6. The molecule has 0 aromatic heterocycles. The fourth-order valence-corrected chi connectivity index (χ4v) is 2.71. The lowest BCUT2D eigenvalue weighted by Crippen LogP contribution is -2.36. The Morgan fingerprint density at radius 1 is 1.04 bits per heavy atom. The van der Waals surface area contributed by atoms with E-state index in [4.69, 9.17) is 14.2 Å². The maximum Gasteiger partial charge on any atom is 0.200 e. The highest BCUT2D eigenvalue weighted by Gasteiger charge is 2.11. The number of phenols is 1. The van der Waals surface area contributed by atoms with Crippen LogP contribution in [0, 0.1) is 0 Å². The van der Waals surface area contributed by atoms with Crippen LogP contribution in [0.15, 0.2) is 41.4 Å². The number of benzene rings is 2. The molecule has 2 aromatic carbocycles. The van der Waals surface area contributed by atoms with Crippen LogP contribution in [0.4, 0.5) is 11.4 Å². The van der Waals surface area contributed by atoms with E-state index in [1.165, 1.54) is 19.9 Å². The van der Waals surface area contributed by atoms with E-state index in [-0.39, 0.29) is 5.75 Å². The second kappa shape index (κ2) is 7.90. The predicted molar refractivity (Wildman–Crippen MR) is 97.9 cm³/mol. The number of ether oxygens (including phenoxy) is 3. The van der Waals surface area contributed by atoms with Crippen molar-refractivity contribution in [2.45, 2.75) is 0 Å². The Balaban J connectivity index is 1.75. The van der Waals surface area contributed by atoms with Gasteiger partial charge in [0.15, 0.2) is 11.5 Å². The normalized spacial score (nSPS) is 14.7. The van der Waals surface area contributed by atoms with Crippen LogP contribution in [-0.4, -0.2) is 51.8 Å². The third-order valence-electron chi connectivity index (χ3n) is 4.09. The standard InChI is InChI=1S/C19H22N2O4/c1-23-17-11-14(12-18(24-2)19(17)22)13-20-15-3-5-16(6-4-15)21-7-9-25-10-8-21/h3-6,11-13,22H,7-10H2,1-2H3. The van der Waals surface area contributed by atoms with E-state index in [1.54, 1.807) is 18.3 Å². The first-order valence-corrected chi connectivity index (χ1v) is 8.13. The molecule has 0 spiro atoms. The molecule has 132 valence electrons. The van der Waals surface area contributed by atoms with Crippen molar-refractivity contribution in [1.29, 1.82) is 0 Å². The van der Waals surface area contributed by atoms with Crippen molar-refractivity contribution >= 4 is 17.6 Å². The lowest BCUT2D eigenvalue weighted by Gasteiger charge is -2.28. The predicted octanol–water partition coefficient (Wildman–Crippen LogP) is 3.00. The fraction of sp³-hybridized carbons (Fsp3) is 0.316. The summed E-state index contributed by atoms with van der Waals surface area (Å²) in [5, 5.41) is 9.94. The number of morpholine rings is 1. The van der Waals surface area contributed by atoms with Gasteiger partial charge in [-0.25, -0.2) is 0 Å². The molecule has 6 nitrogen and oxygen atoms in total. The van der Waals surface area contributed by atoms with Crippen molar-refractivity contribution in [3.63, 3.8) is 0 Å². The van der Waals surface area contributed by atoms with Crippen molar-refractivity contribution in [1.82, 2.24) is 0 Å². The molecule has 25 heavy (non-hydrogen) atoms. The molecule has 6 heteroatoms. The molecule has 0 amide bonds. The third kappa shape index (κ3) is 4.03. The lowest BCUT2D eigenvalue weighted by molar-refractivity contribution is 0.122. The van der Waals surface area contributed by atoms with E-state index in [0.717, 1.165) is 37.6 Å². The van der Waals surface area contributed by atoms with Gasteiger partial charge in [0, 0.05) is 30.6 Å². The largest absolute Gasteiger partial charge is 0.502 e. The van der Waals surface area contributed by atoms with Gasteiger partial charge in [-0.05, 0) is 36.4 Å². The zero-order valence-electron chi connectivity index (χ0n) is 14.4. The molecule has 1 saturated heterocycles. The van der Waals surface area contributed by atoms with Gasteiger partial charge in [0.2, 0.25) is 5.75 Å². The molecule has 1 N–H and O–H groups in total. The average Bonchev–Trinajstić information content (AvgIpc) is 2.68. The van der Waals surface area contributed by atoms with Gasteiger partial charge in [0.05, 0.1) is 33.1 Å². The zero-order valence-corrected chi connectivity index (χ0v) is 14.4. The van der Waals surface area contributed by atoms with Crippen LogP contribution in [-0.2, 0) is 4.74 Å². The summed E-state index contributed by atoms with van der Waals surface area (Å²) in [6.45, 7) is 3.36. The number of phenolic OH excluding ortho intramolecular Hbond substituents is 1. The van der Waals surface area contributed by atoms with E-state index >= 15 is 0 Å². The van der Waals surface area contributed by atoms with Crippen LogP contribution in [0.25, 0.3) is 0 Å². The first-order chi connectivity index (χ1) is 12.2. The summed E-state index contributed by atoms with van der Waals surface area (Å²) in [5.74, 6) is 0.684. The minimum absolute atomic E-state index is 0.0167. The van der Waals surface area contributed by atoms with Gasteiger partial charge in [-0.15, -0.1) is 0 Å². The van der Waals surface area contributed by atoms with Gasteiger partial charge in [-0.3, -0.25) is 4.99 Å². The SMILES string of the molecule is COc1cc(C=Nc2ccc(N3CCOCC3)cc2)cc(OC)c1O. The van der Waals surface area contributed by atoms with E-state index in [9.17, 15) is 5.11 Å². The summed E-state index contributed by atoms with van der Waals surface area (Å²) in [7, 11) is 3.00. The first-order valence-electron chi connectivity index (χ1n) is 8.13. The Kier molecular flexibility index (Phi) is 5.40. The summed E-state index contributed by atoms with van der Waals surface area (Å²) in [6, 6.07) is 11.5. The minimum atomic E-state index is -0.0167. The van der Waals surface area contributed by atoms with Crippen LogP contribution < -0.4 is 14.4 Å². The Labute approximate surface area is 147 Å². The van der Waals surface area contributed by atoms with Crippen molar-refractivity contribution in [2.24, 2.45) is 4.99 Å². The number of aromatic hydroxyl groups is 1. The Hall–Kier alpha value is -2.73. The minimum Gasteiger partial charge on any atom is -0.502 e. The Bertz CT molecular complexity index is 713. The molecular weight excluding hydrogens is 320 g/mol. The number of aliphatic imine (C=N–C) groups is 1. The van der Waals surface area contributed by atoms with Gasteiger partial charge in [0.1, 0.15) is 0 Å². The molecule has 0 unspecified atom stereocenters.